The van der Waals surface area contributed by atoms with E-state index >= 15 is 0 Å². The molecule has 5 heteroatoms. The van der Waals surface area contributed by atoms with Gasteiger partial charge in [-0.3, -0.25) is 9.59 Å². The minimum absolute atomic E-state index is 0.00500. The van der Waals surface area contributed by atoms with E-state index in [1.165, 1.54) is 0 Å². The molecule has 1 N–H and O–H groups in total. The van der Waals surface area contributed by atoms with Gasteiger partial charge in [-0.2, -0.15) is 0 Å². The highest BCUT2D eigenvalue weighted by Crippen LogP contribution is 2.32. The van der Waals surface area contributed by atoms with Gasteiger partial charge in [0.15, 0.2) is 17.3 Å². The van der Waals surface area contributed by atoms with Crippen LogP contribution in [0.25, 0.3) is 11.1 Å². The van der Waals surface area contributed by atoms with Crippen LogP contribution in [0.15, 0.2) is 42.5 Å². The standard InChI is InChI=1S/C18H18O5/c1-22-16-9-7-14(11-17(16)23-2)12-3-5-13(6-4-12)15(19)8-10-18(20)21/h3-7,9,11H,8,10H2,1-2H3,(H,20,21). The second kappa shape index (κ2) is 7.45. The summed E-state index contributed by atoms with van der Waals surface area (Å²) in [6.45, 7) is 0. The number of carbonyl (C=O) groups excluding carboxylic acids is 1. The Hall–Kier alpha value is -2.82. The molecule has 23 heavy (non-hydrogen) atoms. The van der Waals surface area contributed by atoms with Crippen molar-refractivity contribution in [1.29, 1.82) is 0 Å². The first-order valence-electron chi connectivity index (χ1n) is 7.12. The summed E-state index contributed by atoms with van der Waals surface area (Å²) in [5, 5.41) is 8.62. The van der Waals surface area contributed by atoms with Crippen molar-refractivity contribution in [3.05, 3.63) is 48.0 Å². The molecular weight excluding hydrogens is 296 g/mol. The van der Waals surface area contributed by atoms with E-state index in [2.05, 4.69) is 0 Å². The van der Waals surface area contributed by atoms with Gasteiger partial charge in [-0.25, -0.2) is 0 Å². The number of carboxylic acid groups (broad SMARTS) is 1. The molecule has 2 rings (SSSR count). The van der Waals surface area contributed by atoms with Crippen LogP contribution < -0.4 is 9.47 Å². The number of Topliss-reactive ketones (excluding diaryl/α,β-unsaturated/α-hetero) is 1. The fourth-order valence-electron chi connectivity index (χ4n) is 2.23. The first-order chi connectivity index (χ1) is 11.0. The molecule has 0 heterocycles. The van der Waals surface area contributed by atoms with Gasteiger partial charge in [0.1, 0.15) is 0 Å². The maximum absolute atomic E-state index is 11.9. The van der Waals surface area contributed by atoms with Crippen LogP contribution in [0.5, 0.6) is 11.5 Å². The molecule has 0 fully saturated rings. The van der Waals surface area contributed by atoms with E-state index in [1.54, 1.807) is 26.4 Å². The molecule has 0 bridgehead atoms. The number of benzene rings is 2. The number of ketones is 1. The minimum atomic E-state index is -0.972. The Morgan fingerprint density at radius 2 is 1.48 bits per heavy atom. The number of ether oxygens (including phenoxy) is 2. The number of hydrogen-bond acceptors (Lipinski definition) is 4. The summed E-state index contributed by atoms with van der Waals surface area (Å²) >= 11 is 0. The number of carboxylic acids is 1. The molecule has 0 saturated carbocycles. The van der Waals surface area contributed by atoms with Crippen molar-refractivity contribution in [2.24, 2.45) is 0 Å². The molecule has 0 aliphatic carbocycles. The van der Waals surface area contributed by atoms with Crippen LogP contribution in [-0.2, 0) is 4.79 Å². The van der Waals surface area contributed by atoms with Crippen LogP contribution in [0.4, 0.5) is 0 Å². The van der Waals surface area contributed by atoms with Crippen molar-refractivity contribution in [2.45, 2.75) is 12.8 Å². The molecule has 0 spiro atoms. The second-order valence-electron chi connectivity index (χ2n) is 4.96. The number of hydrogen-bond donors (Lipinski definition) is 1. The molecule has 0 radical (unpaired) electrons. The molecule has 0 aromatic heterocycles. The predicted molar refractivity (Wildman–Crippen MR) is 86.2 cm³/mol. The molecule has 0 aliphatic heterocycles. The maximum atomic E-state index is 11.9. The van der Waals surface area contributed by atoms with E-state index in [1.807, 2.05) is 30.3 Å². The summed E-state index contributed by atoms with van der Waals surface area (Å²) in [6.07, 6.45) is -0.151. The lowest BCUT2D eigenvalue weighted by atomic mass is 10.0. The quantitative estimate of drug-likeness (QED) is 0.793. The Morgan fingerprint density at radius 3 is 2.04 bits per heavy atom. The van der Waals surface area contributed by atoms with Crippen LogP contribution in [0.3, 0.4) is 0 Å². The van der Waals surface area contributed by atoms with E-state index < -0.39 is 5.97 Å². The predicted octanol–water partition coefficient (Wildman–Crippen LogP) is 3.42. The van der Waals surface area contributed by atoms with Gasteiger partial charge in [-0.05, 0) is 23.3 Å². The second-order valence-corrected chi connectivity index (χ2v) is 4.96. The lowest BCUT2D eigenvalue weighted by molar-refractivity contribution is -0.136. The first-order valence-corrected chi connectivity index (χ1v) is 7.12. The molecule has 0 unspecified atom stereocenters. The summed E-state index contributed by atoms with van der Waals surface area (Å²) in [5.74, 6) is 0.134. The lowest BCUT2D eigenvalue weighted by Gasteiger charge is -2.10. The zero-order chi connectivity index (χ0) is 16.8. The highest BCUT2D eigenvalue weighted by Gasteiger charge is 2.10. The van der Waals surface area contributed by atoms with Crippen LogP contribution in [-0.4, -0.2) is 31.1 Å². The lowest BCUT2D eigenvalue weighted by Crippen LogP contribution is -2.03. The third-order valence-electron chi connectivity index (χ3n) is 3.49. The number of aliphatic carboxylic acids is 1. The smallest absolute Gasteiger partial charge is 0.303 e. The highest BCUT2D eigenvalue weighted by molar-refractivity contribution is 5.97. The van der Waals surface area contributed by atoms with Crippen molar-refractivity contribution in [3.8, 4) is 22.6 Å². The van der Waals surface area contributed by atoms with E-state index in [0.29, 0.717) is 17.1 Å². The summed E-state index contributed by atoms with van der Waals surface area (Å²) in [6, 6.07) is 12.7. The van der Waals surface area contributed by atoms with Gasteiger partial charge in [-0.15, -0.1) is 0 Å². The number of rotatable bonds is 7. The van der Waals surface area contributed by atoms with E-state index in [-0.39, 0.29) is 18.6 Å². The molecule has 120 valence electrons. The van der Waals surface area contributed by atoms with Gasteiger partial charge in [0.2, 0.25) is 0 Å². The average Bonchev–Trinajstić information content (AvgIpc) is 2.59. The van der Waals surface area contributed by atoms with Gasteiger partial charge in [0.25, 0.3) is 0 Å². The van der Waals surface area contributed by atoms with Gasteiger partial charge in [0, 0.05) is 12.0 Å². The monoisotopic (exact) mass is 314 g/mol. The molecule has 2 aromatic carbocycles. The number of carbonyl (C=O) groups is 2. The summed E-state index contributed by atoms with van der Waals surface area (Å²) in [4.78, 5) is 22.4. The maximum Gasteiger partial charge on any atom is 0.303 e. The normalized spacial score (nSPS) is 10.2. The Kier molecular flexibility index (Phi) is 5.36. The fraction of sp³-hybridized carbons (Fsp3) is 0.222. The van der Waals surface area contributed by atoms with Gasteiger partial charge < -0.3 is 14.6 Å². The van der Waals surface area contributed by atoms with Crippen molar-refractivity contribution in [1.82, 2.24) is 0 Å². The summed E-state index contributed by atoms with van der Waals surface area (Å²) in [5.41, 5.74) is 2.38. The van der Waals surface area contributed by atoms with Crippen LogP contribution in [0.1, 0.15) is 23.2 Å². The molecule has 0 amide bonds. The third-order valence-corrected chi connectivity index (χ3v) is 3.49. The van der Waals surface area contributed by atoms with Crippen molar-refractivity contribution >= 4 is 11.8 Å². The average molecular weight is 314 g/mol. The Morgan fingerprint density at radius 1 is 0.870 bits per heavy atom. The van der Waals surface area contributed by atoms with Gasteiger partial charge in [-0.1, -0.05) is 30.3 Å². The Bertz CT molecular complexity index is 704. The zero-order valence-corrected chi connectivity index (χ0v) is 13.0. The molecular formula is C18H18O5. The molecule has 0 aliphatic rings. The first kappa shape index (κ1) is 16.5. The molecule has 2 aromatic rings. The Balaban J connectivity index is 2.19. The van der Waals surface area contributed by atoms with E-state index in [0.717, 1.165) is 11.1 Å². The Labute approximate surface area is 134 Å². The molecule has 5 nitrogen and oxygen atoms in total. The van der Waals surface area contributed by atoms with Crippen LogP contribution >= 0.6 is 0 Å². The third kappa shape index (κ3) is 4.10. The van der Waals surface area contributed by atoms with Crippen molar-refractivity contribution < 1.29 is 24.2 Å². The topological polar surface area (TPSA) is 72.8 Å². The molecule has 0 saturated heterocycles. The largest absolute Gasteiger partial charge is 0.493 e. The summed E-state index contributed by atoms with van der Waals surface area (Å²) in [7, 11) is 3.15. The van der Waals surface area contributed by atoms with Crippen molar-refractivity contribution in [3.63, 3.8) is 0 Å². The summed E-state index contributed by atoms with van der Waals surface area (Å²) < 4.78 is 10.5. The van der Waals surface area contributed by atoms with Gasteiger partial charge in [0.05, 0.1) is 20.6 Å². The van der Waals surface area contributed by atoms with E-state index in [4.69, 9.17) is 14.6 Å². The zero-order valence-electron chi connectivity index (χ0n) is 13.0. The van der Waals surface area contributed by atoms with Crippen LogP contribution in [0.2, 0.25) is 0 Å². The van der Waals surface area contributed by atoms with Crippen molar-refractivity contribution in [2.75, 3.05) is 14.2 Å². The minimum Gasteiger partial charge on any atom is -0.493 e. The highest BCUT2D eigenvalue weighted by atomic mass is 16.5. The molecule has 0 atom stereocenters. The van der Waals surface area contributed by atoms with E-state index in [9.17, 15) is 9.59 Å². The number of methoxy groups -OCH3 is 2. The fourth-order valence-corrected chi connectivity index (χ4v) is 2.23. The SMILES string of the molecule is COc1ccc(-c2ccc(C(=O)CCC(=O)O)cc2)cc1OC. The van der Waals surface area contributed by atoms with Gasteiger partial charge >= 0.3 is 5.97 Å². The van der Waals surface area contributed by atoms with Crippen LogP contribution in [0, 0.1) is 0 Å².